The van der Waals surface area contributed by atoms with Gasteiger partial charge in [-0.15, -0.1) is 0 Å². The summed E-state index contributed by atoms with van der Waals surface area (Å²) in [5, 5.41) is 10.8. The summed E-state index contributed by atoms with van der Waals surface area (Å²) in [4.78, 5) is 23.2. The third-order valence-electron chi connectivity index (χ3n) is 2.70. The lowest BCUT2D eigenvalue weighted by atomic mass is 10.2. The summed E-state index contributed by atoms with van der Waals surface area (Å²) in [6.45, 7) is -0.387. The first-order valence-corrected chi connectivity index (χ1v) is 7.02. The highest BCUT2D eigenvalue weighted by Gasteiger charge is 2.32. The number of likely N-dealkylation sites (N-methyl/N-ethyl adjacent to an activating group) is 1. The number of nitrogens with one attached hydrogen (secondary N) is 1. The zero-order chi connectivity index (χ0) is 13.1. The molecule has 0 aromatic heterocycles. The molecule has 1 heterocycles. The van der Waals surface area contributed by atoms with Gasteiger partial charge in [0.25, 0.3) is 0 Å². The number of hydrogen-bond donors (Lipinski definition) is 2. The Bertz CT molecular complexity index is 406. The Morgan fingerprint density at radius 3 is 2.53 bits per heavy atom. The molecule has 2 N–H and O–H groups in total. The molecule has 0 bridgehead atoms. The maximum atomic E-state index is 11.6. The van der Waals surface area contributed by atoms with Crippen LogP contribution < -0.4 is 5.32 Å². The number of sulfone groups is 1. The number of carboxylic acid groups (broad SMARTS) is 1. The normalized spacial score (nSPS) is 22.3. The molecule has 0 saturated carbocycles. The Balaban J connectivity index is 2.40. The molecule has 1 atom stereocenters. The van der Waals surface area contributed by atoms with E-state index in [2.05, 4.69) is 5.32 Å². The van der Waals surface area contributed by atoms with E-state index in [1.807, 2.05) is 0 Å². The second kappa shape index (κ2) is 5.46. The van der Waals surface area contributed by atoms with Crippen LogP contribution in [0.2, 0.25) is 0 Å². The molecular formula is C9H16N2O5S. The van der Waals surface area contributed by atoms with Crippen molar-refractivity contribution in [1.82, 2.24) is 10.2 Å². The molecule has 17 heavy (non-hydrogen) atoms. The smallest absolute Gasteiger partial charge is 0.317 e. The Hall–Kier alpha value is -1.15. The molecule has 0 aliphatic carbocycles. The zero-order valence-electron chi connectivity index (χ0n) is 9.55. The number of carboxylic acids is 1. The molecule has 0 spiro atoms. The Morgan fingerprint density at radius 2 is 2.06 bits per heavy atom. The molecule has 7 nitrogen and oxygen atoms in total. The molecule has 1 saturated heterocycles. The fourth-order valence-electron chi connectivity index (χ4n) is 1.69. The molecule has 1 aliphatic heterocycles. The van der Waals surface area contributed by atoms with Gasteiger partial charge in [-0.2, -0.15) is 0 Å². The van der Waals surface area contributed by atoms with Crippen molar-refractivity contribution < 1.29 is 23.1 Å². The van der Waals surface area contributed by atoms with Gasteiger partial charge in [-0.05, 0) is 6.42 Å². The van der Waals surface area contributed by atoms with Crippen molar-refractivity contribution in [2.24, 2.45) is 0 Å². The summed E-state index contributed by atoms with van der Waals surface area (Å²) < 4.78 is 22.5. The summed E-state index contributed by atoms with van der Waals surface area (Å²) in [7, 11) is -1.48. The molecule has 1 fully saturated rings. The number of amides is 1. The third kappa shape index (κ3) is 4.31. The minimum atomic E-state index is -3.02. The minimum Gasteiger partial charge on any atom is -0.480 e. The monoisotopic (exact) mass is 264 g/mol. The molecule has 1 aliphatic rings. The van der Waals surface area contributed by atoms with Crippen LogP contribution in [0, 0.1) is 0 Å². The van der Waals surface area contributed by atoms with Gasteiger partial charge in [-0.1, -0.05) is 0 Å². The van der Waals surface area contributed by atoms with Gasteiger partial charge >= 0.3 is 5.97 Å². The van der Waals surface area contributed by atoms with Gasteiger partial charge in [0.05, 0.1) is 24.6 Å². The van der Waals surface area contributed by atoms with E-state index >= 15 is 0 Å². The first-order chi connectivity index (χ1) is 7.82. The van der Waals surface area contributed by atoms with Gasteiger partial charge < -0.3 is 10.0 Å². The quantitative estimate of drug-likeness (QED) is 0.614. The Kier molecular flexibility index (Phi) is 4.47. The van der Waals surface area contributed by atoms with E-state index in [9.17, 15) is 18.0 Å². The number of nitrogens with zero attached hydrogens (tertiary/aromatic N) is 1. The van der Waals surface area contributed by atoms with E-state index in [0.717, 1.165) is 0 Å². The van der Waals surface area contributed by atoms with E-state index in [0.29, 0.717) is 6.42 Å². The molecule has 1 unspecified atom stereocenters. The molecule has 8 heteroatoms. The highest BCUT2D eigenvalue weighted by molar-refractivity contribution is 7.91. The summed E-state index contributed by atoms with van der Waals surface area (Å²) in [5.74, 6) is -1.23. The number of rotatable bonds is 5. The van der Waals surface area contributed by atoms with Crippen molar-refractivity contribution >= 4 is 21.7 Å². The highest BCUT2D eigenvalue weighted by Crippen LogP contribution is 2.16. The standard InChI is InChI=1S/C9H16N2O5S/c1-11(7-2-3-17(15,16)6-7)8(12)4-10-5-9(13)14/h7,10H,2-6H2,1H3,(H,13,14). The average Bonchev–Trinajstić information content (AvgIpc) is 2.57. The molecule has 0 aromatic rings. The minimum absolute atomic E-state index is 0.00578. The first-order valence-electron chi connectivity index (χ1n) is 5.20. The van der Waals surface area contributed by atoms with Crippen molar-refractivity contribution in [2.75, 3.05) is 31.6 Å². The lowest BCUT2D eigenvalue weighted by Gasteiger charge is -2.23. The van der Waals surface area contributed by atoms with Crippen LogP contribution in [0.1, 0.15) is 6.42 Å². The van der Waals surface area contributed by atoms with Gasteiger partial charge in [0, 0.05) is 13.1 Å². The summed E-state index contributed by atoms with van der Waals surface area (Å²) >= 11 is 0. The number of carbonyl (C=O) groups excluding carboxylic acids is 1. The Labute approximate surface area is 99.7 Å². The Morgan fingerprint density at radius 1 is 1.41 bits per heavy atom. The van der Waals surface area contributed by atoms with Crippen LogP contribution in [0.5, 0.6) is 0 Å². The number of hydrogen-bond acceptors (Lipinski definition) is 5. The third-order valence-corrected chi connectivity index (χ3v) is 4.45. The maximum absolute atomic E-state index is 11.6. The van der Waals surface area contributed by atoms with Gasteiger partial charge in [0.15, 0.2) is 9.84 Å². The first kappa shape index (κ1) is 13.9. The SMILES string of the molecule is CN(C(=O)CNCC(=O)O)C1CCS(=O)(=O)C1. The van der Waals surface area contributed by atoms with E-state index in [-0.39, 0.29) is 36.5 Å². The topological polar surface area (TPSA) is 104 Å². The highest BCUT2D eigenvalue weighted by atomic mass is 32.2. The average molecular weight is 264 g/mol. The van der Waals surface area contributed by atoms with Crippen LogP contribution in [0.4, 0.5) is 0 Å². The van der Waals surface area contributed by atoms with E-state index in [1.165, 1.54) is 11.9 Å². The van der Waals surface area contributed by atoms with Gasteiger partial charge in [0.1, 0.15) is 0 Å². The van der Waals surface area contributed by atoms with Crippen molar-refractivity contribution in [1.29, 1.82) is 0 Å². The molecular weight excluding hydrogens is 248 g/mol. The van der Waals surface area contributed by atoms with Crippen LogP contribution in [-0.2, 0) is 19.4 Å². The predicted octanol–water partition coefficient (Wildman–Crippen LogP) is -1.69. The molecule has 1 amide bonds. The van der Waals surface area contributed by atoms with Crippen LogP contribution in [0.25, 0.3) is 0 Å². The van der Waals surface area contributed by atoms with E-state index in [1.54, 1.807) is 0 Å². The molecule has 0 aromatic carbocycles. The second-order valence-electron chi connectivity index (χ2n) is 4.06. The zero-order valence-corrected chi connectivity index (χ0v) is 10.4. The number of aliphatic carboxylic acids is 1. The van der Waals surface area contributed by atoms with Crippen LogP contribution in [0.3, 0.4) is 0 Å². The van der Waals surface area contributed by atoms with Gasteiger partial charge in [-0.25, -0.2) is 8.42 Å². The van der Waals surface area contributed by atoms with Crippen molar-refractivity contribution in [3.63, 3.8) is 0 Å². The molecule has 98 valence electrons. The second-order valence-corrected chi connectivity index (χ2v) is 6.29. The van der Waals surface area contributed by atoms with Crippen LogP contribution in [-0.4, -0.2) is 68.0 Å². The predicted molar refractivity (Wildman–Crippen MR) is 60.3 cm³/mol. The van der Waals surface area contributed by atoms with E-state index < -0.39 is 15.8 Å². The lowest BCUT2D eigenvalue weighted by Crippen LogP contribution is -2.43. The van der Waals surface area contributed by atoms with Crippen LogP contribution >= 0.6 is 0 Å². The lowest BCUT2D eigenvalue weighted by molar-refractivity contribution is -0.136. The summed E-state index contributed by atoms with van der Waals surface area (Å²) in [5.41, 5.74) is 0. The van der Waals surface area contributed by atoms with Crippen LogP contribution in [0.15, 0.2) is 0 Å². The van der Waals surface area contributed by atoms with Gasteiger partial charge in [-0.3, -0.25) is 14.9 Å². The van der Waals surface area contributed by atoms with Crippen molar-refractivity contribution in [3.8, 4) is 0 Å². The molecule has 0 radical (unpaired) electrons. The fraction of sp³-hybridized carbons (Fsp3) is 0.778. The summed E-state index contributed by atoms with van der Waals surface area (Å²) in [6.07, 6.45) is 0.448. The largest absolute Gasteiger partial charge is 0.480 e. The van der Waals surface area contributed by atoms with E-state index in [4.69, 9.17) is 5.11 Å². The fourth-order valence-corrected chi connectivity index (χ4v) is 3.46. The number of carbonyl (C=O) groups is 2. The molecule has 1 rings (SSSR count). The van der Waals surface area contributed by atoms with Crippen molar-refractivity contribution in [2.45, 2.75) is 12.5 Å². The van der Waals surface area contributed by atoms with Crippen molar-refractivity contribution in [3.05, 3.63) is 0 Å². The maximum Gasteiger partial charge on any atom is 0.317 e. The summed E-state index contributed by atoms with van der Waals surface area (Å²) in [6, 6.07) is -0.292. The van der Waals surface area contributed by atoms with Gasteiger partial charge in [0.2, 0.25) is 5.91 Å².